The van der Waals surface area contributed by atoms with Crippen molar-refractivity contribution in [2.24, 2.45) is 10.7 Å². The number of aliphatic imine (C=N–C) groups is 1. The molecule has 4 N–H and O–H groups in total. The van der Waals surface area contributed by atoms with Gasteiger partial charge in [0.25, 0.3) is 6.43 Å². The van der Waals surface area contributed by atoms with E-state index in [0.29, 0.717) is 5.56 Å². The number of carbonyl (C=O) groups excluding carboxylic acids is 1. The molecule has 0 saturated heterocycles. The minimum Gasteiger partial charge on any atom is -0.385 e. The lowest BCUT2D eigenvalue weighted by Gasteiger charge is -2.39. The van der Waals surface area contributed by atoms with Crippen LogP contribution in [-0.4, -0.2) is 47.1 Å². The van der Waals surface area contributed by atoms with Crippen LogP contribution in [0, 0.1) is 5.82 Å². The first-order chi connectivity index (χ1) is 15.0. The van der Waals surface area contributed by atoms with Gasteiger partial charge in [-0.15, -0.1) is 0 Å². The monoisotopic (exact) mass is 457 g/mol. The third kappa shape index (κ3) is 4.27. The molecule has 0 amide bonds. The van der Waals surface area contributed by atoms with Crippen molar-refractivity contribution in [1.29, 1.82) is 0 Å². The minimum atomic E-state index is -2.89. The number of Topliss-reactive ketones (excluding diaryl/α,β-unsaturated/α-hetero) is 1. The Morgan fingerprint density at radius 2 is 1.94 bits per heavy atom. The molecule has 32 heavy (non-hydrogen) atoms. The lowest BCUT2D eigenvalue weighted by atomic mass is 9.88. The molecule has 3 rings (SSSR count). The Bertz CT molecular complexity index is 1060. The standard InChI is InChI=1S/C20H20F5N5O2/c1-19(9-32-20(7-21,8-22)18(27)30-19)11-4-10(2-3-12(11)23)5-14(31)15-17(26)29-13(6-28-15)16(24)25/h2-4,6,16H,5,7-9H2,1H3,(H2,26,29)(H2,27,30)/t19-/m0/s1. The Morgan fingerprint density at radius 3 is 2.50 bits per heavy atom. The SMILES string of the molecule is C[C@@]1(c2cc(CC(=O)c3ncc(C(F)F)nc3N)ccc2F)COC(CF)(CF)C(N)=N1. The molecule has 2 heterocycles. The summed E-state index contributed by atoms with van der Waals surface area (Å²) in [6, 6.07) is 3.76. The molecule has 0 saturated carbocycles. The molecule has 0 unspecified atom stereocenters. The van der Waals surface area contributed by atoms with Gasteiger partial charge < -0.3 is 16.2 Å². The molecule has 0 bridgehead atoms. The molecular formula is C20H20F5N5O2. The van der Waals surface area contributed by atoms with E-state index in [1.165, 1.54) is 19.1 Å². The van der Waals surface area contributed by atoms with Gasteiger partial charge >= 0.3 is 0 Å². The number of carbonyl (C=O) groups is 1. The summed E-state index contributed by atoms with van der Waals surface area (Å²) in [7, 11) is 0. The number of anilines is 1. The van der Waals surface area contributed by atoms with E-state index in [4.69, 9.17) is 16.2 Å². The van der Waals surface area contributed by atoms with E-state index in [1.54, 1.807) is 0 Å². The summed E-state index contributed by atoms with van der Waals surface area (Å²) >= 11 is 0. The summed E-state index contributed by atoms with van der Waals surface area (Å²) in [5, 5.41) is 0. The van der Waals surface area contributed by atoms with Gasteiger partial charge in [0, 0.05) is 12.0 Å². The first kappa shape index (κ1) is 23.5. The molecule has 12 heteroatoms. The van der Waals surface area contributed by atoms with Crippen LogP contribution in [0.5, 0.6) is 0 Å². The van der Waals surface area contributed by atoms with Gasteiger partial charge in [0.15, 0.2) is 17.2 Å². The quantitative estimate of drug-likeness (QED) is 0.488. The Kier molecular flexibility index (Phi) is 6.44. The normalized spacial score (nSPS) is 20.3. The summed E-state index contributed by atoms with van der Waals surface area (Å²) in [6.07, 6.45) is -2.44. The Morgan fingerprint density at radius 1 is 1.25 bits per heavy atom. The largest absolute Gasteiger partial charge is 0.385 e. The van der Waals surface area contributed by atoms with Crippen LogP contribution in [-0.2, 0) is 16.7 Å². The molecule has 2 aromatic rings. The lowest BCUT2D eigenvalue weighted by Crippen LogP contribution is -2.56. The second-order valence-corrected chi connectivity index (χ2v) is 7.56. The Balaban J connectivity index is 1.90. The van der Waals surface area contributed by atoms with Crippen molar-refractivity contribution >= 4 is 17.4 Å². The molecule has 172 valence electrons. The van der Waals surface area contributed by atoms with E-state index >= 15 is 0 Å². The van der Waals surface area contributed by atoms with E-state index in [-0.39, 0.29) is 24.3 Å². The maximum atomic E-state index is 14.6. The maximum Gasteiger partial charge on any atom is 0.281 e. The number of alkyl halides is 4. The highest BCUT2D eigenvalue weighted by atomic mass is 19.3. The Hall–Kier alpha value is -3.15. The molecule has 0 radical (unpaired) electrons. The molecule has 1 atom stereocenters. The predicted molar refractivity (Wildman–Crippen MR) is 105 cm³/mol. The van der Waals surface area contributed by atoms with Crippen LogP contribution in [0.25, 0.3) is 0 Å². The highest BCUT2D eigenvalue weighted by Crippen LogP contribution is 2.35. The van der Waals surface area contributed by atoms with Crippen molar-refractivity contribution in [1.82, 2.24) is 9.97 Å². The van der Waals surface area contributed by atoms with Gasteiger partial charge in [-0.1, -0.05) is 6.07 Å². The summed E-state index contributed by atoms with van der Waals surface area (Å²) in [6.45, 7) is -1.36. The first-order valence-corrected chi connectivity index (χ1v) is 9.39. The fraction of sp³-hybridized carbons (Fsp3) is 0.400. The topological polar surface area (TPSA) is 116 Å². The average Bonchev–Trinajstić information content (AvgIpc) is 2.75. The number of halogens is 5. The zero-order valence-electron chi connectivity index (χ0n) is 16.9. The van der Waals surface area contributed by atoms with E-state index in [1.807, 2.05) is 0 Å². The van der Waals surface area contributed by atoms with Crippen LogP contribution in [0.15, 0.2) is 29.4 Å². The lowest BCUT2D eigenvalue weighted by molar-refractivity contribution is -0.0575. The fourth-order valence-electron chi connectivity index (χ4n) is 3.24. The second kappa shape index (κ2) is 8.77. The summed E-state index contributed by atoms with van der Waals surface area (Å²) < 4.78 is 71.9. The number of benzene rings is 1. The molecule has 1 aliphatic heterocycles. The maximum absolute atomic E-state index is 14.6. The first-order valence-electron chi connectivity index (χ1n) is 9.39. The molecule has 1 aliphatic rings. The Labute approximate surface area is 179 Å². The van der Waals surface area contributed by atoms with Gasteiger partial charge in [0.2, 0.25) is 0 Å². The fourth-order valence-corrected chi connectivity index (χ4v) is 3.24. The number of hydrogen-bond donors (Lipinski definition) is 2. The summed E-state index contributed by atoms with van der Waals surface area (Å²) in [4.78, 5) is 23.8. The molecule has 0 fully saturated rings. The van der Waals surface area contributed by atoms with E-state index in [0.717, 1.165) is 12.3 Å². The smallest absolute Gasteiger partial charge is 0.281 e. The average molecular weight is 457 g/mol. The van der Waals surface area contributed by atoms with Crippen molar-refractivity contribution in [3.05, 3.63) is 52.7 Å². The number of nitrogens with two attached hydrogens (primary N) is 2. The van der Waals surface area contributed by atoms with Gasteiger partial charge in [-0.05, 0) is 24.6 Å². The van der Waals surface area contributed by atoms with Crippen molar-refractivity contribution in [2.45, 2.75) is 30.9 Å². The van der Waals surface area contributed by atoms with E-state index in [9.17, 15) is 26.7 Å². The van der Waals surface area contributed by atoms with Crippen LogP contribution in [0.2, 0.25) is 0 Å². The molecule has 0 aliphatic carbocycles. The number of hydrogen-bond acceptors (Lipinski definition) is 7. The van der Waals surface area contributed by atoms with Crippen molar-refractivity contribution in [3.8, 4) is 0 Å². The van der Waals surface area contributed by atoms with Gasteiger partial charge in [-0.2, -0.15) is 0 Å². The molecular weight excluding hydrogens is 437 g/mol. The van der Waals surface area contributed by atoms with Crippen molar-refractivity contribution in [2.75, 3.05) is 25.7 Å². The van der Waals surface area contributed by atoms with Crippen LogP contribution < -0.4 is 11.5 Å². The third-order valence-electron chi connectivity index (χ3n) is 5.18. The number of nitrogen functional groups attached to an aromatic ring is 1. The van der Waals surface area contributed by atoms with Crippen LogP contribution in [0.3, 0.4) is 0 Å². The summed E-state index contributed by atoms with van der Waals surface area (Å²) in [5.74, 6) is -2.22. The van der Waals surface area contributed by atoms with Crippen molar-refractivity contribution < 1.29 is 31.5 Å². The van der Waals surface area contributed by atoms with E-state index < -0.39 is 59.9 Å². The number of ketones is 1. The molecule has 7 nitrogen and oxygen atoms in total. The highest BCUT2D eigenvalue weighted by Gasteiger charge is 2.45. The van der Waals surface area contributed by atoms with Crippen LogP contribution in [0.1, 0.15) is 40.7 Å². The number of rotatable bonds is 7. The molecule has 0 spiro atoms. The zero-order chi connectivity index (χ0) is 23.7. The zero-order valence-corrected chi connectivity index (χ0v) is 16.9. The number of amidine groups is 1. The van der Waals surface area contributed by atoms with Gasteiger partial charge in [0.1, 0.15) is 41.9 Å². The van der Waals surface area contributed by atoms with Gasteiger partial charge in [0.05, 0.1) is 12.8 Å². The van der Waals surface area contributed by atoms with Crippen LogP contribution >= 0.6 is 0 Å². The van der Waals surface area contributed by atoms with Gasteiger partial charge in [-0.25, -0.2) is 31.9 Å². The highest BCUT2D eigenvalue weighted by molar-refractivity contribution is 5.99. The number of nitrogens with zero attached hydrogens (tertiary/aromatic N) is 3. The number of aromatic nitrogens is 2. The third-order valence-corrected chi connectivity index (χ3v) is 5.18. The molecule has 1 aromatic carbocycles. The second-order valence-electron chi connectivity index (χ2n) is 7.56. The minimum absolute atomic E-state index is 0.0100. The van der Waals surface area contributed by atoms with Crippen molar-refractivity contribution in [3.63, 3.8) is 0 Å². The predicted octanol–water partition coefficient (Wildman–Crippen LogP) is 2.84. The number of ether oxygens (including phenoxy) is 1. The summed E-state index contributed by atoms with van der Waals surface area (Å²) in [5.41, 5.74) is 7.24. The van der Waals surface area contributed by atoms with E-state index in [2.05, 4.69) is 15.0 Å². The van der Waals surface area contributed by atoms with Crippen LogP contribution in [0.4, 0.5) is 27.8 Å². The van der Waals surface area contributed by atoms with Gasteiger partial charge in [-0.3, -0.25) is 9.79 Å². The molecule has 1 aromatic heterocycles.